The van der Waals surface area contributed by atoms with Gasteiger partial charge in [-0.3, -0.25) is 4.90 Å². The Bertz CT molecular complexity index is 553. The summed E-state index contributed by atoms with van der Waals surface area (Å²) in [4.78, 5) is 6.25. The first-order valence-electron chi connectivity index (χ1n) is 5.60. The van der Waals surface area contributed by atoms with Gasteiger partial charge in [0.15, 0.2) is 11.5 Å². The van der Waals surface area contributed by atoms with Crippen molar-refractivity contribution in [2.75, 3.05) is 20.1 Å². The summed E-state index contributed by atoms with van der Waals surface area (Å²) in [7, 11) is 1.94. The lowest BCUT2D eigenvalue weighted by Crippen LogP contribution is -2.21. The van der Waals surface area contributed by atoms with Crippen LogP contribution in [0.5, 0.6) is 0 Å². The van der Waals surface area contributed by atoms with E-state index in [1.165, 1.54) is 5.56 Å². The SMILES string of the molecule is Cc1nc2ccc(CCN(C)CC#N)cc2o1. The Hall–Kier alpha value is -1.86. The highest BCUT2D eigenvalue weighted by molar-refractivity contribution is 5.73. The zero-order valence-corrected chi connectivity index (χ0v) is 10.1. The third-order valence-electron chi connectivity index (χ3n) is 2.68. The number of oxazole rings is 1. The molecule has 0 radical (unpaired) electrons. The standard InChI is InChI=1S/C13H15N3O/c1-10-15-12-4-3-11(9-13(12)17-10)5-7-16(2)8-6-14/h3-4,9H,5,7-8H2,1-2H3. The smallest absolute Gasteiger partial charge is 0.192 e. The summed E-state index contributed by atoms with van der Waals surface area (Å²) in [6, 6.07) is 8.20. The molecule has 0 N–H and O–H groups in total. The predicted molar refractivity (Wildman–Crippen MR) is 65.6 cm³/mol. The second kappa shape index (κ2) is 4.98. The average molecular weight is 229 g/mol. The first-order chi connectivity index (χ1) is 8.19. The molecule has 2 rings (SSSR count). The summed E-state index contributed by atoms with van der Waals surface area (Å²) in [5, 5.41) is 8.56. The molecule has 1 aromatic heterocycles. The molecule has 0 saturated heterocycles. The second-order valence-electron chi connectivity index (χ2n) is 4.18. The third kappa shape index (κ3) is 2.83. The summed E-state index contributed by atoms with van der Waals surface area (Å²) in [5.74, 6) is 0.693. The molecule has 0 aliphatic rings. The fraction of sp³-hybridized carbons (Fsp3) is 0.385. The fourth-order valence-corrected chi connectivity index (χ4v) is 1.76. The number of hydrogen-bond donors (Lipinski definition) is 0. The highest BCUT2D eigenvalue weighted by atomic mass is 16.3. The molecule has 4 heteroatoms. The van der Waals surface area contributed by atoms with Crippen LogP contribution in [-0.2, 0) is 6.42 Å². The Kier molecular flexibility index (Phi) is 3.40. The van der Waals surface area contributed by atoms with Gasteiger partial charge in [0.2, 0.25) is 0 Å². The zero-order chi connectivity index (χ0) is 12.3. The minimum absolute atomic E-state index is 0.462. The molecular weight excluding hydrogens is 214 g/mol. The lowest BCUT2D eigenvalue weighted by Gasteiger charge is -2.11. The van der Waals surface area contributed by atoms with E-state index in [1.807, 2.05) is 31.0 Å². The van der Waals surface area contributed by atoms with E-state index < -0.39 is 0 Å². The van der Waals surface area contributed by atoms with Gasteiger partial charge >= 0.3 is 0 Å². The van der Waals surface area contributed by atoms with Crippen LogP contribution in [-0.4, -0.2) is 30.0 Å². The number of likely N-dealkylation sites (N-methyl/N-ethyl adjacent to an activating group) is 1. The molecule has 0 spiro atoms. The van der Waals surface area contributed by atoms with Gasteiger partial charge in [0.1, 0.15) is 5.52 Å². The van der Waals surface area contributed by atoms with Crippen molar-refractivity contribution in [3.05, 3.63) is 29.7 Å². The molecule has 0 aliphatic heterocycles. The van der Waals surface area contributed by atoms with Crippen LogP contribution in [0.3, 0.4) is 0 Å². The summed E-state index contributed by atoms with van der Waals surface area (Å²) in [6.07, 6.45) is 0.911. The van der Waals surface area contributed by atoms with E-state index >= 15 is 0 Å². The Morgan fingerprint density at radius 3 is 3.06 bits per heavy atom. The normalized spacial score (nSPS) is 10.9. The molecule has 2 aromatic rings. The van der Waals surface area contributed by atoms with Crippen LogP contribution in [0.4, 0.5) is 0 Å². The maximum Gasteiger partial charge on any atom is 0.192 e. The molecule has 1 aromatic carbocycles. The van der Waals surface area contributed by atoms with Gasteiger partial charge in [-0.05, 0) is 31.2 Å². The Morgan fingerprint density at radius 2 is 2.29 bits per heavy atom. The lowest BCUT2D eigenvalue weighted by atomic mass is 10.1. The van der Waals surface area contributed by atoms with Crippen molar-refractivity contribution in [3.8, 4) is 6.07 Å². The van der Waals surface area contributed by atoms with Crippen LogP contribution >= 0.6 is 0 Å². The van der Waals surface area contributed by atoms with Gasteiger partial charge < -0.3 is 4.42 Å². The molecule has 0 amide bonds. The molecule has 0 aliphatic carbocycles. The molecule has 88 valence electrons. The van der Waals surface area contributed by atoms with Crippen LogP contribution in [0.1, 0.15) is 11.5 Å². The van der Waals surface area contributed by atoms with E-state index in [1.54, 1.807) is 0 Å². The zero-order valence-electron chi connectivity index (χ0n) is 10.1. The Morgan fingerprint density at radius 1 is 1.47 bits per heavy atom. The van der Waals surface area contributed by atoms with E-state index in [9.17, 15) is 0 Å². The number of rotatable bonds is 4. The van der Waals surface area contributed by atoms with Crippen molar-refractivity contribution in [3.63, 3.8) is 0 Å². The number of aromatic nitrogens is 1. The number of aryl methyl sites for hydroxylation is 1. The van der Waals surface area contributed by atoms with Crippen LogP contribution in [0.25, 0.3) is 11.1 Å². The Labute approximate surface area is 100 Å². The molecule has 17 heavy (non-hydrogen) atoms. The summed E-state index contributed by atoms with van der Waals surface area (Å²) in [6.45, 7) is 3.18. The van der Waals surface area contributed by atoms with Crippen LogP contribution in [0.15, 0.2) is 22.6 Å². The van der Waals surface area contributed by atoms with Crippen molar-refractivity contribution in [2.24, 2.45) is 0 Å². The highest BCUT2D eigenvalue weighted by Gasteiger charge is 2.04. The van der Waals surface area contributed by atoms with Crippen LogP contribution in [0, 0.1) is 18.3 Å². The number of hydrogen-bond acceptors (Lipinski definition) is 4. The van der Waals surface area contributed by atoms with Gasteiger partial charge in [-0.25, -0.2) is 4.98 Å². The molecule has 0 bridgehead atoms. The van der Waals surface area contributed by atoms with Crippen LogP contribution in [0.2, 0.25) is 0 Å². The first-order valence-corrected chi connectivity index (χ1v) is 5.60. The van der Waals surface area contributed by atoms with Gasteiger partial charge in [-0.2, -0.15) is 5.26 Å². The molecule has 4 nitrogen and oxygen atoms in total. The van der Waals surface area contributed by atoms with E-state index in [4.69, 9.17) is 9.68 Å². The van der Waals surface area contributed by atoms with Crippen molar-refractivity contribution in [2.45, 2.75) is 13.3 Å². The number of fused-ring (bicyclic) bond motifs is 1. The second-order valence-corrected chi connectivity index (χ2v) is 4.18. The molecule has 0 fully saturated rings. The van der Waals surface area contributed by atoms with E-state index in [0.717, 1.165) is 24.1 Å². The monoisotopic (exact) mass is 229 g/mol. The van der Waals surface area contributed by atoms with Gasteiger partial charge in [0, 0.05) is 13.5 Å². The third-order valence-corrected chi connectivity index (χ3v) is 2.68. The quantitative estimate of drug-likeness (QED) is 0.754. The van der Waals surface area contributed by atoms with Crippen molar-refractivity contribution < 1.29 is 4.42 Å². The van der Waals surface area contributed by atoms with E-state index in [0.29, 0.717) is 12.4 Å². The average Bonchev–Trinajstić information content (AvgIpc) is 2.66. The Balaban J connectivity index is 2.06. The predicted octanol–water partition coefficient (Wildman–Crippen LogP) is 2.13. The molecule has 1 heterocycles. The minimum atomic E-state index is 0.462. The highest BCUT2D eigenvalue weighted by Crippen LogP contribution is 2.17. The molecular formula is C13H15N3O. The van der Waals surface area contributed by atoms with Crippen molar-refractivity contribution in [1.82, 2.24) is 9.88 Å². The van der Waals surface area contributed by atoms with Crippen molar-refractivity contribution in [1.29, 1.82) is 5.26 Å². The van der Waals surface area contributed by atoms with E-state index in [-0.39, 0.29) is 0 Å². The fourth-order valence-electron chi connectivity index (χ4n) is 1.76. The van der Waals surface area contributed by atoms with Crippen LogP contribution < -0.4 is 0 Å². The summed E-state index contributed by atoms with van der Waals surface area (Å²) >= 11 is 0. The molecule has 0 atom stereocenters. The summed E-state index contributed by atoms with van der Waals surface area (Å²) < 4.78 is 5.49. The van der Waals surface area contributed by atoms with E-state index in [2.05, 4.69) is 17.1 Å². The number of benzene rings is 1. The summed E-state index contributed by atoms with van der Waals surface area (Å²) in [5.41, 5.74) is 2.94. The van der Waals surface area contributed by atoms with Gasteiger partial charge in [0.05, 0.1) is 12.6 Å². The first kappa shape index (κ1) is 11.6. The maximum atomic E-state index is 8.56. The van der Waals surface area contributed by atoms with Gasteiger partial charge in [-0.1, -0.05) is 6.07 Å². The number of nitriles is 1. The van der Waals surface area contributed by atoms with Crippen molar-refractivity contribution >= 4 is 11.1 Å². The number of nitrogens with zero attached hydrogens (tertiary/aromatic N) is 3. The lowest BCUT2D eigenvalue weighted by molar-refractivity contribution is 0.379. The van der Waals surface area contributed by atoms with Gasteiger partial charge in [0.25, 0.3) is 0 Å². The van der Waals surface area contributed by atoms with Gasteiger partial charge in [-0.15, -0.1) is 0 Å². The minimum Gasteiger partial charge on any atom is -0.441 e. The topological polar surface area (TPSA) is 53.1 Å². The largest absolute Gasteiger partial charge is 0.441 e. The molecule has 0 saturated carbocycles. The maximum absolute atomic E-state index is 8.56. The molecule has 0 unspecified atom stereocenters.